The van der Waals surface area contributed by atoms with Crippen molar-refractivity contribution in [2.24, 2.45) is 0 Å². The lowest BCUT2D eigenvalue weighted by Crippen LogP contribution is -2.33. The molecule has 1 aliphatic rings. The van der Waals surface area contributed by atoms with Crippen molar-refractivity contribution in [3.63, 3.8) is 0 Å². The molecule has 1 saturated heterocycles. The second-order valence-electron chi connectivity index (χ2n) is 4.02. The Hall–Kier alpha value is -1.01. The Labute approximate surface area is 115 Å². The molecule has 4 nitrogen and oxygen atoms in total. The van der Waals surface area contributed by atoms with Gasteiger partial charge in [0.05, 0.1) is 11.3 Å². The van der Waals surface area contributed by atoms with Crippen LogP contribution in [-0.4, -0.2) is 40.1 Å². The highest BCUT2D eigenvalue weighted by atomic mass is 32.2. The second-order valence-corrected chi connectivity index (χ2v) is 6.58. The number of nitrogens with two attached hydrogens (primary N) is 1. The Morgan fingerprint density at radius 3 is 3.06 bits per heavy atom. The summed E-state index contributed by atoms with van der Waals surface area (Å²) in [5, 5.41) is 13.0. The average molecular weight is 284 g/mol. The van der Waals surface area contributed by atoms with Gasteiger partial charge < -0.3 is 16.2 Å². The van der Waals surface area contributed by atoms with E-state index in [2.05, 4.69) is 5.32 Å². The minimum absolute atomic E-state index is 0.138. The summed E-state index contributed by atoms with van der Waals surface area (Å²) < 4.78 is 0. The number of thioether (sulfide) groups is 2. The number of anilines is 1. The summed E-state index contributed by atoms with van der Waals surface area (Å²) in [6.07, 6.45) is 0. The summed E-state index contributed by atoms with van der Waals surface area (Å²) in [6, 6.07) is 4.80. The van der Waals surface area contributed by atoms with Crippen LogP contribution in [0.2, 0.25) is 0 Å². The van der Waals surface area contributed by atoms with Gasteiger partial charge in [-0.1, -0.05) is 6.07 Å². The Kier molecular flexibility index (Phi) is 4.66. The van der Waals surface area contributed by atoms with Crippen molar-refractivity contribution >= 4 is 35.1 Å². The first kappa shape index (κ1) is 13.4. The van der Waals surface area contributed by atoms with Gasteiger partial charge in [-0.25, -0.2) is 0 Å². The summed E-state index contributed by atoms with van der Waals surface area (Å²) in [6.45, 7) is 0.630. The van der Waals surface area contributed by atoms with Crippen LogP contribution in [0.4, 0.5) is 5.69 Å². The van der Waals surface area contributed by atoms with Crippen molar-refractivity contribution in [1.29, 1.82) is 0 Å². The van der Waals surface area contributed by atoms with E-state index in [1.165, 1.54) is 5.75 Å². The van der Waals surface area contributed by atoms with E-state index in [1.54, 1.807) is 18.2 Å². The van der Waals surface area contributed by atoms with Gasteiger partial charge in [0.2, 0.25) is 0 Å². The average Bonchev–Trinajstić information content (AvgIpc) is 2.40. The molecule has 98 valence electrons. The summed E-state index contributed by atoms with van der Waals surface area (Å²) >= 11 is 3.80. The van der Waals surface area contributed by atoms with Gasteiger partial charge in [0.1, 0.15) is 0 Å². The molecule has 1 heterocycles. The SMILES string of the molecule is Nc1cccc(C(=O)NCC2CSCCS2)c1O. The summed E-state index contributed by atoms with van der Waals surface area (Å²) in [5.74, 6) is 2.98. The zero-order chi connectivity index (χ0) is 13.0. The molecule has 1 fully saturated rings. The molecule has 1 amide bonds. The molecule has 0 aromatic heterocycles. The van der Waals surface area contributed by atoms with Crippen LogP contribution in [0.3, 0.4) is 0 Å². The summed E-state index contributed by atoms with van der Waals surface area (Å²) in [7, 11) is 0. The van der Waals surface area contributed by atoms with E-state index < -0.39 is 0 Å². The number of hydrogen-bond donors (Lipinski definition) is 3. The molecule has 2 rings (SSSR count). The Morgan fingerprint density at radius 1 is 1.50 bits per heavy atom. The lowest BCUT2D eigenvalue weighted by atomic mass is 10.1. The van der Waals surface area contributed by atoms with E-state index in [0.717, 1.165) is 11.5 Å². The molecule has 0 saturated carbocycles. The number of benzene rings is 1. The van der Waals surface area contributed by atoms with Crippen molar-refractivity contribution in [1.82, 2.24) is 5.32 Å². The fourth-order valence-corrected chi connectivity index (χ4v) is 4.31. The van der Waals surface area contributed by atoms with Gasteiger partial charge in [-0.3, -0.25) is 4.79 Å². The normalized spacial score (nSPS) is 19.4. The third kappa shape index (κ3) is 3.26. The molecule has 4 N–H and O–H groups in total. The zero-order valence-electron chi connectivity index (χ0n) is 9.89. The lowest BCUT2D eigenvalue weighted by Gasteiger charge is -2.21. The first-order valence-electron chi connectivity index (χ1n) is 5.73. The maximum absolute atomic E-state index is 11.9. The number of hydrogen-bond acceptors (Lipinski definition) is 5. The number of phenolic OH excluding ortho intramolecular Hbond substituents is 1. The first-order valence-corrected chi connectivity index (χ1v) is 7.94. The molecule has 6 heteroatoms. The summed E-state index contributed by atoms with van der Waals surface area (Å²) in [4.78, 5) is 11.9. The molecule has 0 radical (unpaired) electrons. The third-order valence-electron chi connectivity index (χ3n) is 2.69. The van der Waals surface area contributed by atoms with Crippen LogP contribution in [-0.2, 0) is 0 Å². The molecule has 1 aliphatic heterocycles. The van der Waals surface area contributed by atoms with Crippen LogP contribution in [0.15, 0.2) is 18.2 Å². The minimum Gasteiger partial charge on any atom is -0.505 e. The Balaban J connectivity index is 1.93. The van der Waals surface area contributed by atoms with Gasteiger partial charge in [0.25, 0.3) is 5.91 Å². The number of amides is 1. The second kappa shape index (κ2) is 6.24. The molecule has 18 heavy (non-hydrogen) atoms. The smallest absolute Gasteiger partial charge is 0.255 e. The van der Waals surface area contributed by atoms with Crippen molar-refractivity contribution in [2.75, 3.05) is 29.5 Å². The maximum Gasteiger partial charge on any atom is 0.255 e. The van der Waals surface area contributed by atoms with Gasteiger partial charge in [-0.05, 0) is 12.1 Å². The van der Waals surface area contributed by atoms with E-state index in [0.29, 0.717) is 11.8 Å². The number of rotatable bonds is 3. The fraction of sp³-hybridized carbons (Fsp3) is 0.417. The van der Waals surface area contributed by atoms with Gasteiger partial charge in [-0.2, -0.15) is 23.5 Å². The molecule has 1 atom stereocenters. The molecule has 0 aliphatic carbocycles. The number of nitrogens with one attached hydrogen (secondary N) is 1. The highest BCUT2D eigenvalue weighted by Gasteiger charge is 2.17. The number of carbonyl (C=O) groups excluding carboxylic acids is 1. The van der Waals surface area contributed by atoms with Gasteiger partial charge in [0.15, 0.2) is 5.75 Å². The number of phenols is 1. The van der Waals surface area contributed by atoms with Crippen LogP contribution in [0, 0.1) is 0 Å². The summed E-state index contributed by atoms with van der Waals surface area (Å²) in [5.41, 5.74) is 6.03. The predicted octanol–water partition coefficient (Wildman–Crippen LogP) is 1.55. The number of carbonyl (C=O) groups is 1. The standard InChI is InChI=1S/C12H16N2O2S2/c13-10-3-1-2-9(11(10)15)12(16)14-6-8-7-17-4-5-18-8/h1-3,8,15H,4-7,13H2,(H,14,16). The number of aromatic hydroxyl groups is 1. The highest BCUT2D eigenvalue weighted by molar-refractivity contribution is 8.06. The van der Waals surface area contributed by atoms with Gasteiger partial charge in [-0.15, -0.1) is 0 Å². The molecule has 1 aromatic rings. The van der Waals surface area contributed by atoms with E-state index >= 15 is 0 Å². The zero-order valence-corrected chi connectivity index (χ0v) is 11.5. The van der Waals surface area contributed by atoms with E-state index in [-0.39, 0.29) is 22.9 Å². The number of para-hydroxylation sites is 1. The monoisotopic (exact) mass is 284 g/mol. The van der Waals surface area contributed by atoms with Crippen LogP contribution < -0.4 is 11.1 Å². The van der Waals surface area contributed by atoms with Crippen molar-refractivity contribution < 1.29 is 9.90 Å². The van der Waals surface area contributed by atoms with E-state index in [9.17, 15) is 9.90 Å². The quantitative estimate of drug-likeness (QED) is 0.580. The van der Waals surface area contributed by atoms with E-state index in [4.69, 9.17) is 5.73 Å². The molecule has 0 spiro atoms. The predicted molar refractivity (Wildman–Crippen MR) is 78.4 cm³/mol. The van der Waals surface area contributed by atoms with Crippen molar-refractivity contribution in [3.8, 4) is 5.75 Å². The molecule has 0 bridgehead atoms. The molecular weight excluding hydrogens is 268 g/mol. The number of nitrogen functional groups attached to an aromatic ring is 1. The molecule has 1 aromatic carbocycles. The first-order chi connectivity index (χ1) is 8.68. The van der Waals surface area contributed by atoms with Gasteiger partial charge >= 0.3 is 0 Å². The molecular formula is C12H16N2O2S2. The lowest BCUT2D eigenvalue weighted by molar-refractivity contribution is 0.0951. The van der Waals surface area contributed by atoms with Crippen molar-refractivity contribution in [3.05, 3.63) is 23.8 Å². The van der Waals surface area contributed by atoms with Gasteiger partial charge in [0, 0.05) is 29.1 Å². The molecule has 1 unspecified atom stereocenters. The maximum atomic E-state index is 11.9. The largest absolute Gasteiger partial charge is 0.505 e. The van der Waals surface area contributed by atoms with Crippen molar-refractivity contribution in [2.45, 2.75) is 5.25 Å². The van der Waals surface area contributed by atoms with E-state index in [1.807, 2.05) is 23.5 Å². The Bertz CT molecular complexity index is 434. The van der Waals surface area contributed by atoms with Crippen LogP contribution in [0.5, 0.6) is 5.75 Å². The van der Waals surface area contributed by atoms with Crippen LogP contribution >= 0.6 is 23.5 Å². The third-order valence-corrected chi connectivity index (χ3v) is 5.53. The van der Waals surface area contributed by atoms with Crippen LogP contribution in [0.1, 0.15) is 10.4 Å². The van der Waals surface area contributed by atoms with Crippen LogP contribution in [0.25, 0.3) is 0 Å². The Morgan fingerprint density at radius 2 is 2.33 bits per heavy atom. The minimum atomic E-state index is -0.268. The fourth-order valence-electron chi connectivity index (χ4n) is 1.70. The topological polar surface area (TPSA) is 75.4 Å². The highest BCUT2D eigenvalue weighted by Crippen LogP contribution is 2.25.